The van der Waals surface area contributed by atoms with E-state index < -0.39 is 0 Å². The van der Waals surface area contributed by atoms with Crippen molar-refractivity contribution >= 4 is 11.5 Å². The van der Waals surface area contributed by atoms with Crippen LogP contribution in [0.3, 0.4) is 0 Å². The smallest absolute Gasteiger partial charge is 0.203 e. The summed E-state index contributed by atoms with van der Waals surface area (Å²) in [5.74, 6) is 2.49. The van der Waals surface area contributed by atoms with E-state index in [2.05, 4.69) is 27.4 Å². The molecule has 78 valence electrons. The van der Waals surface area contributed by atoms with Gasteiger partial charge in [0.05, 0.1) is 0 Å². The number of aromatic nitrogens is 4. The van der Waals surface area contributed by atoms with E-state index in [1.165, 1.54) is 6.42 Å². The maximum Gasteiger partial charge on any atom is 0.203 e. The molecule has 5 heteroatoms. The first-order valence-corrected chi connectivity index (χ1v) is 5.23. The van der Waals surface area contributed by atoms with Crippen LogP contribution in [-0.4, -0.2) is 26.1 Å². The molecule has 2 atom stereocenters. The fourth-order valence-electron chi connectivity index (χ4n) is 1.79. The molecule has 0 bridgehead atoms. The molecule has 2 unspecified atom stereocenters. The standard InChI is InChI=1S/C10H13N5/c1-7-4-8(7)5-12-9-10-14-13-6-15(10)3-2-11-9/h2-3,6-8H,4-5H2,1H3,(H,11,12). The van der Waals surface area contributed by atoms with Crippen molar-refractivity contribution in [2.45, 2.75) is 13.3 Å². The van der Waals surface area contributed by atoms with Gasteiger partial charge in [-0.15, -0.1) is 10.2 Å². The van der Waals surface area contributed by atoms with Crippen molar-refractivity contribution in [2.75, 3.05) is 11.9 Å². The molecular formula is C10H13N5. The van der Waals surface area contributed by atoms with Crippen molar-refractivity contribution in [2.24, 2.45) is 11.8 Å². The number of hydrogen-bond donors (Lipinski definition) is 1. The Bertz CT molecular complexity index is 477. The van der Waals surface area contributed by atoms with Crippen molar-refractivity contribution < 1.29 is 0 Å². The van der Waals surface area contributed by atoms with Crippen molar-refractivity contribution in [3.63, 3.8) is 0 Å². The summed E-state index contributed by atoms with van der Waals surface area (Å²) in [6.45, 7) is 3.26. The summed E-state index contributed by atoms with van der Waals surface area (Å²) in [6.07, 6.45) is 6.61. The van der Waals surface area contributed by atoms with E-state index in [0.29, 0.717) is 0 Å². The molecule has 0 amide bonds. The molecule has 5 nitrogen and oxygen atoms in total. The molecule has 0 spiro atoms. The lowest BCUT2D eigenvalue weighted by molar-refractivity contribution is 0.784. The Kier molecular flexibility index (Phi) is 1.83. The summed E-state index contributed by atoms with van der Waals surface area (Å²) in [5.41, 5.74) is 0.797. The molecule has 1 N–H and O–H groups in total. The average molecular weight is 203 g/mol. The zero-order valence-electron chi connectivity index (χ0n) is 8.59. The Morgan fingerprint density at radius 2 is 2.47 bits per heavy atom. The van der Waals surface area contributed by atoms with Gasteiger partial charge >= 0.3 is 0 Å². The number of fused-ring (bicyclic) bond motifs is 1. The zero-order chi connectivity index (χ0) is 10.3. The van der Waals surface area contributed by atoms with E-state index in [0.717, 1.165) is 29.8 Å². The lowest BCUT2D eigenvalue weighted by atomic mass is 10.3. The summed E-state index contributed by atoms with van der Waals surface area (Å²) in [6, 6.07) is 0. The lowest BCUT2D eigenvalue weighted by Gasteiger charge is -2.04. The maximum atomic E-state index is 4.27. The van der Waals surface area contributed by atoms with Gasteiger partial charge in [0, 0.05) is 18.9 Å². The molecule has 2 heterocycles. The second kappa shape index (κ2) is 3.18. The van der Waals surface area contributed by atoms with Crippen LogP contribution in [0.5, 0.6) is 0 Å². The number of nitrogens with one attached hydrogen (secondary N) is 1. The predicted octanol–water partition coefficient (Wildman–Crippen LogP) is 1.19. The van der Waals surface area contributed by atoms with Crippen LogP contribution in [0.4, 0.5) is 5.82 Å². The van der Waals surface area contributed by atoms with Gasteiger partial charge in [-0.1, -0.05) is 6.92 Å². The quantitative estimate of drug-likeness (QED) is 0.814. The summed E-state index contributed by atoms with van der Waals surface area (Å²) < 4.78 is 1.87. The van der Waals surface area contributed by atoms with Crippen molar-refractivity contribution in [1.82, 2.24) is 19.6 Å². The molecule has 2 aromatic rings. The molecule has 1 aliphatic rings. The Morgan fingerprint density at radius 1 is 1.60 bits per heavy atom. The molecule has 15 heavy (non-hydrogen) atoms. The number of anilines is 1. The molecule has 1 saturated carbocycles. The highest BCUT2D eigenvalue weighted by Gasteiger charge is 2.32. The first-order chi connectivity index (χ1) is 7.34. The van der Waals surface area contributed by atoms with Crippen LogP contribution < -0.4 is 5.32 Å². The van der Waals surface area contributed by atoms with E-state index in [4.69, 9.17) is 0 Å². The first-order valence-electron chi connectivity index (χ1n) is 5.23. The van der Waals surface area contributed by atoms with Gasteiger partial charge in [-0.05, 0) is 18.3 Å². The molecule has 2 aromatic heterocycles. The van der Waals surface area contributed by atoms with Gasteiger partial charge in [-0.25, -0.2) is 4.98 Å². The van der Waals surface area contributed by atoms with Crippen LogP contribution in [0, 0.1) is 11.8 Å². The molecule has 1 aliphatic carbocycles. The minimum absolute atomic E-state index is 0.797. The van der Waals surface area contributed by atoms with Gasteiger partial charge in [0.15, 0.2) is 5.82 Å². The molecule has 0 aromatic carbocycles. The summed E-state index contributed by atoms with van der Waals surface area (Å²) in [5, 5.41) is 11.2. The monoisotopic (exact) mass is 203 g/mol. The van der Waals surface area contributed by atoms with Crippen LogP contribution >= 0.6 is 0 Å². The van der Waals surface area contributed by atoms with Gasteiger partial charge < -0.3 is 5.32 Å². The van der Waals surface area contributed by atoms with Crippen LogP contribution in [0.1, 0.15) is 13.3 Å². The lowest BCUT2D eigenvalue weighted by Crippen LogP contribution is -2.07. The summed E-state index contributed by atoms with van der Waals surface area (Å²) in [7, 11) is 0. The Labute approximate surface area is 87.5 Å². The Hall–Kier alpha value is -1.65. The van der Waals surface area contributed by atoms with Crippen LogP contribution in [-0.2, 0) is 0 Å². The van der Waals surface area contributed by atoms with E-state index in [1.807, 2.05) is 10.6 Å². The second-order valence-corrected chi connectivity index (χ2v) is 4.19. The van der Waals surface area contributed by atoms with Gasteiger partial charge in [0.25, 0.3) is 0 Å². The second-order valence-electron chi connectivity index (χ2n) is 4.19. The van der Waals surface area contributed by atoms with Crippen molar-refractivity contribution in [3.05, 3.63) is 18.7 Å². The first kappa shape index (κ1) is 8.64. The maximum absolute atomic E-state index is 4.27. The largest absolute Gasteiger partial charge is 0.367 e. The summed E-state index contributed by atoms with van der Waals surface area (Å²) >= 11 is 0. The minimum Gasteiger partial charge on any atom is -0.367 e. The molecule has 1 fully saturated rings. The third-order valence-electron chi connectivity index (χ3n) is 3.02. The third kappa shape index (κ3) is 1.54. The molecule has 0 saturated heterocycles. The normalized spacial score (nSPS) is 24.3. The van der Waals surface area contributed by atoms with Crippen LogP contribution in [0.25, 0.3) is 5.65 Å². The molecule has 3 rings (SSSR count). The van der Waals surface area contributed by atoms with E-state index in [-0.39, 0.29) is 0 Å². The molecule has 0 radical (unpaired) electrons. The highest BCUT2D eigenvalue weighted by Crippen LogP contribution is 2.37. The average Bonchev–Trinajstić information content (AvgIpc) is 2.78. The van der Waals surface area contributed by atoms with Gasteiger partial charge in [-0.3, -0.25) is 4.40 Å². The molecule has 0 aliphatic heterocycles. The minimum atomic E-state index is 0.797. The van der Waals surface area contributed by atoms with E-state index in [1.54, 1.807) is 12.5 Å². The fraction of sp³-hybridized carbons (Fsp3) is 0.500. The van der Waals surface area contributed by atoms with E-state index in [9.17, 15) is 0 Å². The number of rotatable bonds is 3. The van der Waals surface area contributed by atoms with Crippen LogP contribution in [0.2, 0.25) is 0 Å². The van der Waals surface area contributed by atoms with Gasteiger partial charge in [0.2, 0.25) is 5.65 Å². The highest BCUT2D eigenvalue weighted by atomic mass is 15.2. The summed E-state index contributed by atoms with van der Waals surface area (Å²) in [4.78, 5) is 4.27. The Morgan fingerprint density at radius 3 is 3.27 bits per heavy atom. The van der Waals surface area contributed by atoms with E-state index >= 15 is 0 Å². The third-order valence-corrected chi connectivity index (χ3v) is 3.02. The topological polar surface area (TPSA) is 55.1 Å². The SMILES string of the molecule is CC1CC1CNc1nccn2cnnc12. The van der Waals surface area contributed by atoms with Gasteiger partial charge in [0.1, 0.15) is 6.33 Å². The van der Waals surface area contributed by atoms with Crippen molar-refractivity contribution in [3.8, 4) is 0 Å². The fourth-order valence-corrected chi connectivity index (χ4v) is 1.79. The molecular weight excluding hydrogens is 190 g/mol. The van der Waals surface area contributed by atoms with Gasteiger partial charge in [-0.2, -0.15) is 0 Å². The predicted molar refractivity (Wildman–Crippen MR) is 56.5 cm³/mol. The zero-order valence-corrected chi connectivity index (χ0v) is 8.59. The van der Waals surface area contributed by atoms with Crippen molar-refractivity contribution in [1.29, 1.82) is 0 Å². The highest BCUT2D eigenvalue weighted by molar-refractivity contribution is 5.61. The number of nitrogens with zero attached hydrogens (tertiary/aromatic N) is 4. The Balaban J connectivity index is 1.81. The van der Waals surface area contributed by atoms with Crippen LogP contribution in [0.15, 0.2) is 18.7 Å². The number of hydrogen-bond acceptors (Lipinski definition) is 4.